The first-order valence-corrected chi connectivity index (χ1v) is 6.23. The topological polar surface area (TPSA) is 21.6 Å². The maximum Gasteiger partial charge on any atom is 0.119 e. The Morgan fingerprint density at radius 3 is 2.71 bits per heavy atom. The van der Waals surface area contributed by atoms with Crippen molar-refractivity contribution in [1.29, 1.82) is 0 Å². The minimum Gasteiger partial charge on any atom is -0.494 e. The second kappa shape index (κ2) is 6.24. The SMILES string of the molecule is CC1=CC(CCCCOc2ccccc2)=NC1. The molecular weight excluding hydrogens is 210 g/mol. The van der Waals surface area contributed by atoms with E-state index in [0.29, 0.717) is 0 Å². The largest absolute Gasteiger partial charge is 0.494 e. The Balaban J connectivity index is 1.58. The minimum atomic E-state index is 0.792. The van der Waals surface area contributed by atoms with Gasteiger partial charge >= 0.3 is 0 Å². The summed E-state index contributed by atoms with van der Waals surface area (Å²) < 4.78 is 5.64. The highest BCUT2D eigenvalue weighted by Gasteiger charge is 2.03. The number of aliphatic imine (C=N–C) groups is 1. The number of ether oxygens (including phenoxy) is 1. The van der Waals surface area contributed by atoms with E-state index in [0.717, 1.165) is 38.2 Å². The van der Waals surface area contributed by atoms with Crippen LogP contribution in [0.3, 0.4) is 0 Å². The van der Waals surface area contributed by atoms with Gasteiger partial charge < -0.3 is 4.74 Å². The molecule has 0 saturated heterocycles. The first-order valence-electron chi connectivity index (χ1n) is 6.23. The molecule has 0 radical (unpaired) electrons. The summed E-state index contributed by atoms with van der Waals surface area (Å²) in [7, 11) is 0. The van der Waals surface area contributed by atoms with Crippen molar-refractivity contribution in [2.24, 2.45) is 4.99 Å². The third kappa shape index (κ3) is 4.06. The van der Waals surface area contributed by atoms with Gasteiger partial charge in [0.25, 0.3) is 0 Å². The molecule has 0 aromatic heterocycles. The van der Waals surface area contributed by atoms with Crippen molar-refractivity contribution in [2.75, 3.05) is 13.2 Å². The van der Waals surface area contributed by atoms with Gasteiger partial charge in [-0.1, -0.05) is 23.8 Å². The van der Waals surface area contributed by atoms with Crippen LogP contribution in [0.4, 0.5) is 0 Å². The van der Waals surface area contributed by atoms with Crippen LogP contribution >= 0.6 is 0 Å². The van der Waals surface area contributed by atoms with Crippen molar-refractivity contribution < 1.29 is 4.74 Å². The highest BCUT2D eigenvalue weighted by atomic mass is 16.5. The van der Waals surface area contributed by atoms with Crippen LogP contribution in [-0.4, -0.2) is 18.9 Å². The fraction of sp³-hybridized carbons (Fsp3) is 0.400. The van der Waals surface area contributed by atoms with Crippen molar-refractivity contribution in [2.45, 2.75) is 26.2 Å². The number of hydrogen-bond acceptors (Lipinski definition) is 2. The lowest BCUT2D eigenvalue weighted by atomic mass is 10.1. The summed E-state index contributed by atoms with van der Waals surface area (Å²) in [6, 6.07) is 9.98. The molecule has 0 fully saturated rings. The number of unbranched alkanes of at least 4 members (excludes halogenated alkanes) is 1. The first kappa shape index (κ1) is 11.9. The van der Waals surface area contributed by atoms with E-state index < -0.39 is 0 Å². The second-order valence-electron chi connectivity index (χ2n) is 4.42. The monoisotopic (exact) mass is 229 g/mol. The Labute approximate surface area is 103 Å². The molecular formula is C15H19NO. The Bertz CT molecular complexity index is 406. The molecule has 0 atom stereocenters. The van der Waals surface area contributed by atoms with Crippen LogP contribution in [0.1, 0.15) is 26.2 Å². The van der Waals surface area contributed by atoms with Gasteiger partial charge in [0.2, 0.25) is 0 Å². The highest BCUT2D eigenvalue weighted by Crippen LogP contribution is 2.11. The number of para-hydroxylation sites is 1. The molecule has 2 rings (SSSR count). The first-order chi connectivity index (χ1) is 8.34. The summed E-state index contributed by atoms with van der Waals surface area (Å²) in [5, 5.41) is 0. The number of allylic oxidation sites excluding steroid dienone is 1. The van der Waals surface area contributed by atoms with Gasteiger partial charge in [-0.05, 0) is 44.4 Å². The Kier molecular flexibility index (Phi) is 4.37. The lowest BCUT2D eigenvalue weighted by Crippen LogP contribution is -1.99. The predicted octanol–water partition coefficient (Wildman–Crippen LogP) is 3.64. The summed E-state index contributed by atoms with van der Waals surface area (Å²) in [6.07, 6.45) is 5.52. The third-order valence-corrected chi connectivity index (χ3v) is 2.78. The molecule has 0 aliphatic carbocycles. The van der Waals surface area contributed by atoms with Gasteiger partial charge in [-0.25, -0.2) is 0 Å². The van der Waals surface area contributed by atoms with Crippen LogP contribution in [0, 0.1) is 0 Å². The molecule has 0 amide bonds. The summed E-state index contributed by atoms with van der Waals surface area (Å²) in [6.45, 7) is 3.82. The van der Waals surface area contributed by atoms with Crippen molar-refractivity contribution in [3.8, 4) is 5.75 Å². The normalized spacial score (nSPS) is 14.4. The van der Waals surface area contributed by atoms with Crippen LogP contribution in [0.5, 0.6) is 5.75 Å². The summed E-state index contributed by atoms with van der Waals surface area (Å²) in [5.41, 5.74) is 2.63. The van der Waals surface area contributed by atoms with Crippen LogP contribution < -0.4 is 4.74 Å². The zero-order chi connectivity index (χ0) is 11.9. The van der Waals surface area contributed by atoms with E-state index in [1.165, 1.54) is 11.3 Å². The molecule has 1 aromatic rings. The number of rotatable bonds is 6. The number of benzene rings is 1. The summed E-state index contributed by atoms with van der Waals surface area (Å²) in [5.74, 6) is 0.960. The molecule has 1 aromatic carbocycles. The molecule has 2 heteroatoms. The van der Waals surface area contributed by atoms with Gasteiger partial charge in [-0.2, -0.15) is 0 Å². The average molecular weight is 229 g/mol. The van der Waals surface area contributed by atoms with Crippen molar-refractivity contribution in [3.63, 3.8) is 0 Å². The van der Waals surface area contributed by atoms with E-state index >= 15 is 0 Å². The summed E-state index contributed by atoms with van der Waals surface area (Å²) >= 11 is 0. The molecule has 2 nitrogen and oxygen atoms in total. The van der Waals surface area contributed by atoms with Gasteiger partial charge in [-0.15, -0.1) is 0 Å². The van der Waals surface area contributed by atoms with E-state index in [1.54, 1.807) is 0 Å². The molecule has 17 heavy (non-hydrogen) atoms. The molecule has 0 spiro atoms. The molecule has 1 aliphatic heterocycles. The minimum absolute atomic E-state index is 0.792. The molecule has 0 bridgehead atoms. The van der Waals surface area contributed by atoms with Crippen LogP contribution in [0.25, 0.3) is 0 Å². The fourth-order valence-corrected chi connectivity index (χ4v) is 1.87. The highest BCUT2D eigenvalue weighted by molar-refractivity contribution is 5.97. The Morgan fingerprint density at radius 2 is 2.00 bits per heavy atom. The van der Waals surface area contributed by atoms with Crippen molar-refractivity contribution in [1.82, 2.24) is 0 Å². The van der Waals surface area contributed by atoms with E-state index in [2.05, 4.69) is 18.0 Å². The van der Waals surface area contributed by atoms with Crippen LogP contribution in [0.2, 0.25) is 0 Å². The van der Waals surface area contributed by atoms with Gasteiger partial charge in [-0.3, -0.25) is 4.99 Å². The lowest BCUT2D eigenvalue weighted by molar-refractivity contribution is 0.308. The second-order valence-corrected chi connectivity index (χ2v) is 4.42. The van der Waals surface area contributed by atoms with Gasteiger partial charge in [0, 0.05) is 5.71 Å². The maximum absolute atomic E-state index is 5.64. The van der Waals surface area contributed by atoms with Crippen molar-refractivity contribution >= 4 is 5.71 Å². The standard InChI is InChI=1S/C15H19NO/c1-13-11-14(16-12-13)7-5-6-10-17-15-8-3-2-4-9-15/h2-4,8-9,11H,5-7,10,12H2,1H3. The molecule has 0 N–H and O–H groups in total. The van der Waals surface area contributed by atoms with E-state index in [-0.39, 0.29) is 0 Å². The maximum atomic E-state index is 5.64. The lowest BCUT2D eigenvalue weighted by Gasteiger charge is -2.05. The molecule has 1 aliphatic rings. The molecule has 0 unspecified atom stereocenters. The fourth-order valence-electron chi connectivity index (χ4n) is 1.87. The zero-order valence-electron chi connectivity index (χ0n) is 10.4. The smallest absolute Gasteiger partial charge is 0.119 e. The third-order valence-electron chi connectivity index (χ3n) is 2.78. The van der Waals surface area contributed by atoms with Crippen molar-refractivity contribution in [3.05, 3.63) is 42.0 Å². The van der Waals surface area contributed by atoms with Crippen LogP contribution in [-0.2, 0) is 0 Å². The zero-order valence-corrected chi connectivity index (χ0v) is 10.4. The van der Waals surface area contributed by atoms with Gasteiger partial charge in [0.1, 0.15) is 5.75 Å². The Hall–Kier alpha value is -1.57. The quantitative estimate of drug-likeness (QED) is 0.682. The van der Waals surface area contributed by atoms with E-state index in [4.69, 9.17) is 4.74 Å². The van der Waals surface area contributed by atoms with E-state index in [9.17, 15) is 0 Å². The Morgan fingerprint density at radius 1 is 1.18 bits per heavy atom. The molecule has 0 saturated carbocycles. The molecule has 90 valence electrons. The molecule has 1 heterocycles. The predicted molar refractivity (Wildman–Crippen MR) is 71.8 cm³/mol. The number of nitrogens with zero attached hydrogens (tertiary/aromatic N) is 1. The van der Waals surface area contributed by atoms with Gasteiger partial charge in [0.05, 0.1) is 13.2 Å². The van der Waals surface area contributed by atoms with Gasteiger partial charge in [0.15, 0.2) is 0 Å². The summed E-state index contributed by atoms with van der Waals surface area (Å²) in [4.78, 5) is 4.46. The number of hydrogen-bond donors (Lipinski definition) is 0. The van der Waals surface area contributed by atoms with E-state index in [1.807, 2.05) is 30.3 Å². The van der Waals surface area contributed by atoms with Crippen LogP contribution in [0.15, 0.2) is 47.0 Å². The average Bonchev–Trinajstić information content (AvgIpc) is 2.76.